The highest BCUT2D eigenvalue weighted by Gasteiger charge is 1.93. The highest BCUT2D eigenvalue weighted by atomic mass is 32.2. The largest absolute Gasteiger partial charge is 0.351 e. The van der Waals surface area contributed by atoms with Gasteiger partial charge >= 0.3 is 0 Å². The summed E-state index contributed by atoms with van der Waals surface area (Å²) < 4.78 is 0. The second kappa shape index (κ2) is 5.21. The zero-order valence-electron chi connectivity index (χ0n) is 6.42. The molecule has 0 saturated heterocycles. The fraction of sp³-hybridized carbons (Fsp3) is 0.571. The van der Waals surface area contributed by atoms with Crippen LogP contribution in [0.3, 0.4) is 0 Å². The van der Waals surface area contributed by atoms with E-state index in [1.165, 1.54) is 0 Å². The number of nitrogens with two attached hydrogens (primary N) is 1. The van der Waals surface area contributed by atoms with Gasteiger partial charge in [-0.3, -0.25) is 0 Å². The van der Waals surface area contributed by atoms with E-state index in [-0.39, 0.29) is 0 Å². The van der Waals surface area contributed by atoms with Gasteiger partial charge in [0, 0.05) is 11.9 Å². The maximum atomic E-state index is 5.35. The lowest BCUT2D eigenvalue weighted by Gasteiger charge is -1.95. The molecule has 0 saturated carbocycles. The zero-order chi connectivity index (χ0) is 7.94. The molecule has 4 heteroatoms. The third-order valence-electron chi connectivity index (χ3n) is 1.30. The Bertz CT molecular complexity index is 174. The molecule has 0 spiro atoms. The number of H-pyrrole nitrogens is 1. The van der Waals surface area contributed by atoms with E-state index in [1.807, 2.05) is 18.0 Å². The van der Waals surface area contributed by atoms with Gasteiger partial charge in [0.1, 0.15) is 0 Å². The van der Waals surface area contributed by atoms with Gasteiger partial charge in [-0.1, -0.05) is 0 Å². The summed E-state index contributed by atoms with van der Waals surface area (Å²) in [5, 5.41) is 0. The minimum Gasteiger partial charge on any atom is -0.351 e. The molecule has 0 aliphatic carbocycles. The SMILES string of the molecule is NCCCSCc1c[nH]cn1. The number of aromatic amines is 1. The lowest BCUT2D eigenvalue weighted by atomic mass is 10.5. The van der Waals surface area contributed by atoms with Crippen LogP contribution in [-0.2, 0) is 5.75 Å². The van der Waals surface area contributed by atoms with E-state index in [1.54, 1.807) is 6.33 Å². The Morgan fingerprint density at radius 2 is 2.55 bits per heavy atom. The van der Waals surface area contributed by atoms with Crippen LogP contribution in [0.5, 0.6) is 0 Å². The van der Waals surface area contributed by atoms with Gasteiger partial charge in [-0.05, 0) is 18.7 Å². The van der Waals surface area contributed by atoms with Crippen LogP contribution in [0.15, 0.2) is 12.5 Å². The van der Waals surface area contributed by atoms with Crippen LogP contribution in [0.2, 0.25) is 0 Å². The Labute approximate surface area is 70.8 Å². The van der Waals surface area contributed by atoms with E-state index in [0.717, 1.165) is 30.2 Å². The molecule has 11 heavy (non-hydrogen) atoms. The summed E-state index contributed by atoms with van der Waals surface area (Å²) in [5.74, 6) is 2.12. The van der Waals surface area contributed by atoms with Crippen LogP contribution in [0.25, 0.3) is 0 Å². The van der Waals surface area contributed by atoms with Crippen molar-refractivity contribution in [1.29, 1.82) is 0 Å². The zero-order valence-corrected chi connectivity index (χ0v) is 7.23. The van der Waals surface area contributed by atoms with E-state index in [0.29, 0.717) is 0 Å². The minimum atomic E-state index is 0.785. The molecule has 0 aromatic carbocycles. The quantitative estimate of drug-likeness (QED) is 0.650. The van der Waals surface area contributed by atoms with Crippen LogP contribution < -0.4 is 5.73 Å². The molecular weight excluding hydrogens is 158 g/mol. The van der Waals surface area contributed by atoms with E-state index < -0.39 is 0 Å². The van der Waals surface area contributed by atoms with Crippen molar-refractivity contribution in [3.05, 3.63) is 18.2 Å². The molecule has 0 atom stereocenters. The monoisotopic (exact) mass is 171 g/mol. The molecule has 1 heterocycles. The third-order valence-corrected chi connectivity index (χ3v) is 2.37. The number of thioether (sulfide) groups is 1. The van der Waals surface area contributed by atoms with Crippen LogP contribution in [0, 0.1) is 0 Å². The topological polar surface area (TPSA) is 54.7 Å². The summed E-state index contributed by atoms with van der Waals surface area (Å²) in [6, 6.07) is 0. The van der Waals surface area contributed by atoms with Crippen molar-refractivity contribution in [3.63, 3.8) is 0 Å². The first-order valence-electron chi connectivity index (χ1n) is 3.69. The lowest BCUT2D eigenvalue weighted by Crippen LogP contribution is -1.99. The van der Waals surface area contributed by atoms with Gasteiger partial charge in [-0.2, -0.15) is 11.8 Å². The summed E-state index contributed by atoms with van der Waals surface area (Å²) in [6.07, 6.45) is 4.73. The lowest BCUT2D eigenvalue weighted by molar-refractivity contribution is 0.942. The second-order valence-corrected chi connectivity index (χ2v) is 3.36. The highest BCUT2D eigenvalue weighted by Crippen LogP contribution is 2.09. The molecule has 0 radical (unpaired) electrons. The van der Waals surface area contributed by atoms with Gasteiger partial charge < -0.3 is 10.7 Å². The van der Waals surface area contributed by atoms with Gasteiger partial charge in [-0.25, -0.2) is 4.98 Å². The van der Waals surface area contributed by atoms with Gasteiger partial charge in [0.2, 0.25) is 0 Å². The first-order chi connectivity index (χ1) is 5.43. The number of rotatable bonds is 5. The Kier molecular flexibility index (Phi) is 4.08. The van der Waals surface area contributed by atoms with Crippen LogP contribution in [0.4, 0.5) is 0 Å². The molecule has 0 amide bonds. The number of hydrogen-bond donors (Lipinski definition) is 2. The first-order valence-corrected chi connectivity index (χ1v) is 4.84. The number of nitrogens with one attached hydrogen (secondary N) is 1. The predicted molar refractivity (Wildman–Crippen MR) is 48.4 cm³/mol. The van der Waals surface area contributed by atoms with Gasteiger partial charge in [-0.15, -0.1) is 0 Å². The van der Waals surface area contributed by atoms with Crippen molar-refractivity contribution in [3.8, 4) is 0 Å². The molecule has 1 aromatic heterocycles. The summed E-state index contributed by atoms with van der Waals surface area (Å²) in [6.45, 7) is 0.785. The van der Waals surface area contributed by atoms with Gasteiger partial charge in [0.05, 0.1) is 12.0 Å². The van der Waals surface area contributed by atoms with E-state index >= 15 is 0 Å². The van der Waals surface area contributed by atoms with Gasteiger partial charge in [0.15, 0.2) is 0 Å². The van der Waals surface area contributed by atoms with Crippen molar-refractivity contribution in [2.75, 3.05) is 12.3 Å². The maximum Gasteiger partial charge on any atom is 0.0923 e. The summed E-state index contributed by atoms with van der Waals surface area (Å²) in [4.78, 5) is 7.03. The van der Waals surface area contributed by atoms with Crippen molar-refractivity contribution >= 4 is 11.8 Å². The first kappa shape index (κ1) is 8.62. The fourth-order valence-electron chi connectivity index (χ4n) is 0.732. The average Bonchev–Trinajstić information content (AvgIpc) is 2.50. The average molecular weight is 171 g/mol. The number of imidazole rings is 1. The highest BCUT2D eigenvalue weighted by molar-refractivity contribution is 7.98. The Balaban J connectivity index is 2.04. The second-order valence-electron chi connectivity index (χ2n) is 2.26. The number of nitrogens with zero attached hydrogens (tertiary/aromatic N) is 1. The number of hydrogen-bond acceptors (Lipinski definition) is 3. The summed E-state index contributed by atoms with van der Waals surface area (Å²) in [5.41, 5.74) is 6.47. The molecule has 1 rings (SSSR count). The third kappa shape index (κ3) is 3.43. The minimum absolute atomic E-state index is 0.785. The maximum absolute atomic E-state index is 5.35. The van der Waals surface area contributed by atoms with E-state index in [9.17, 15) is 0 Å². The smallest absolute Gasteiger partial charge is 0.0923 e. The standard InChI is InChI=1S/C7H13N3S/c8-2-1-3-11-5-7-4-9-6-10-7/h4,6H,1-3,5,8H2,(H,9,10). The van der Waals surface area contributed by atoms with Crippen molar-refractivity contribution in [2.24, 2.45) is 5.73 Å². The Hall–Kier alpha value is -0.480. The Morgan fingerprint density at radius 3 is 3.18 bits per heavy atom. The Morgan fingerprint density at radius 1 is 1.64 bits per heavy atom. The molecule has 0 aliphatic rings. The van der Waals surface area contributed by atoms with Crippen molar-refractivity contribution in [1.82, 2.24) is 9.97 Å². The van der Waals surface area contributed by atoms with Crippen LogP contribution >= 0.6 is 11.8 Å². The normalized spacial score (nSPS) is 10.3. The molecule has 0 fully saturated rings. The molecule has 0 unspecified atom stereocenters. The summed E-state index contributed by atoms with van der Waals surface area (Å²) >= 11 is 1.87. The molecule has 1 aromatic rings. The molecule has 3 N–H and O–H groups in total. The van der Waals surface area contributed by atoms with E-state index in [2.05, 4.69) is 9.97 Å². The molecule has 3 nitrogen and oxygen atoms in total. The molecule has 0 bridgehead atoms. The fourth-order valence-corrected chi connectivity index (χ4v) is 1.61. The molecule has 0 aliphatic heterocycles. The number of aromatic nitrogens is 2. The molecular formula is C7H13N3S. The molecule has 62 valence electrons. The predicted octanol–water partition coefficient (Wildman–Crippen LogP) is 0.992. The van der Waals surface area contributed by atoms with Crippen LogP contribution in [0.1, 0.15) is 12.1 Å². The summed E-state index contributed by atoms with van der Waals surface area (Å²) in [7, 11) is 0. The van der Waals surface area contributed by atoms with E-state index in [4.69, 9.17) is 5.73 Å². The van der Waals surface area contributed by atoms with Crippen molar-refractivity contribution < 1.29 is 0 Å². The van der Waals surface area contributed by atoms with Crippen LogP contribution in [-0.4, -0.2) is 22.3 Å². The van der Waals surface area contributed by atoms with Crippen molar-refractivity contribution in [2.45, 2.75) is 12.2 Å². The van der Waals surface area contributed by atoms with Gasteiger partial charge in [0.25, 0.3) is 0 Å².